The van der Waals surface area contributed by atoms with Gasteiger partial charge in [-0.15, -0.1) is 0 Å². The molecule has 0 radical (unpaired) electrons. The highest BCUT2D eigenvalue weighted by Gasteiger charge is 2.18. The summed E-state index contributed by atoms with van der Waals surface area (Å²) in [7, 11) is 0. The molecule has 5 nitrogen and oxygen atoms in total. The first-order chi connectivity index (χ1) is 12.2. The topological polar surface area (TPSA) is 58.0 Å². The molecule has 6 heteroatoms. The van der Waals surface area contributed by atoms with Crippen LogP contribution in [0, 0.1) is 18.3 Å². The maximum atomic E-state index is 8.93. The number of furan rings is 1. The van der Waals surface area contributed by atoms with Crippen LogP contribution >= 0.6 is 11.6 Å². The lowest BCUT2D eigenvalue weighted by Gasteiger charge is -2.20. The summed E-state index contributed by atoms with van der Waals surface area (Å²) in [5.74, 6) is 0.863. The summed E-state index contributed by atoms with van der Waals surface area (Å²) < 4.78 is 7.19. The first-order valence-electron chi connectivity index (χ1n) is 8.10. The Morgan fingerprint density at radius 1 is 1.20 bits per heavy atom. The SMILES string of the molecule is Cc1nn(-c2ccccc2)c(Cl)c1CN(CCC#N)Cc1ccco1. The second-order valence-corrected chi connectivity index (χ2v) is 6.16. The average Bonchev–Trinajstić information content (AvgIpc) is 3.23. The molecule has 0 N–H and O–H groups in total. The molecule has 25 heavy (non-hydrogen) atoms. The summed E-state index contributed by atoms with van der Waals surface area (Å²) in [5, 5.41) is 14.1. The second-order valence-electron chi connectivity index (χ2n) is 5.80. The van der Waals surface area contributed by atoms with Gasteiger partial charge in [-0.1, -0.05) is 29.8 Å². The number of nitriles is 1. The van der Waals surface area contributed by atoms with Crippen LogP contribution in [-0.4, -0.2) is 21.2 Å². The summed E-state index contributed by atoms with van der Waals surface area (Å²) in [6.45, 7) is 3.83. The highest BCUT2D eigenvalue weighted by Crippen LogP contribution is 2.25. The standard InChI is InChI=1S/C19H19ClN4O/c1-15-18(19(20)24(22-15)16-7-3-2-4-8-16)14-23(11-6-10-21)13-17-9-5-12-25-17/h2-5,7-9,12H,6,11,13-14H2,1H3. The number of hydrogen-bond donors (Lipinski definition) is 0. The summed E-state index contributed by atoms with van der Waals surface area (Å²) in [6.07, 6.45) is 2.10. The van der Waals surface area contributed by atoms with Gasteiger partial charge in [0.2, 0.25) is 0 Å². The molecular formula is C19H19ClN4O. The third-order valence-electron chi connectivity index (χ3n) is 4.00. The number of aryl methyl sites for hydroxylation is 1. The van der Waals surface area contributed by atoms with Gasteiger partial charge >= 0.3 is 0 Å². The monoisotopic (exact) mass is 354 g/mol. The van der Waals surface area contributed by atoms with Gasteiger partial charge in [-0.3, -0.25) is 4.90 Å². The summed E-state index contributed by atoms with van der Waals surface area (Å²) in [6, 6.07) is 15.8. The smallest absolute Gasteiger partial charge is 0.137 e. The molecule has 3 rings (SSSR count). The van der Waals surface area contributed by atoms with Gasteiger partial charge in [-0.05, 0) is 31.2 Å². The van der Waals surface area contributed by atoms with Crippen LogP contribution in [0.3, 0.4) is 0 Å². The lowest BCUT2D eigenvalue weighted by atomic mass is 10.2. The number of rotatable bonds is 7. The van der Waals surface area contributed by atoms with E-state index in [4.69, 9.17) is 21.3 Å². The van der Waals surface area contributed by atoms with Crippen molar-refractivity contribution in [3.8, 4) is 11.8 Å². The van der Waals surface area contributed by atoms with Crippen molar-refractivity contribution in [3.05, 3.63) is 70.9 Å². The molecule has 0 aliphatic carbocycles. The van der Waals surface area contributed by atoms with Crippen LogP contribution in [-0.2, 0) is 13.1 Å². The molecule has 1 aromatic carbocycles. The van der Waals surface area contributed by atoms with Crippen molar-refractivity contribution in [1.82, 2.24) is 14.7 Å². The van der Waals surface area contributed by atoms with Gasteiger partial charge in [0.1, 0.15) is 10.9 Å². The molecule has 0 unspecified atom stereocenters. The minimum absolute atomic E-state index is 0.449. The third kappa shape index (κ3) is 4.11. The molecule has 0 spiro atoms. The molecule has 0 saturated carbocycles. The van der Waals surface area contributed by atoms with Crippen LogP contribution in [0.5, 0.6) is 0 Å². The number of nitrogens with zero attached hydrogens (tertiary/aromatic N) is 4. The Morgan fingerprint density at radius 3 is 2.68 bits per heavy atom. The lowest BCUT2D eigenvalue weighted by molar-refractivity contribution is 0.240. The molecule has 128 valence electrons. The van der Waals surface area contributed by atoms with E-state index in [0.717, 1.165) is 22.7 Å². The Kier molecular flexibility index (Phi) is 5.54. The molecular weight excluding hydrogens is 336 g/mol. The molecule has 3 aromatic rings. The van der Waals surface area contributed by atoms with Crippen LogP contribution in [0.15, 0.2) is 53.1 Å². The van der Waals surface area contributed by atoms with Gasteiger partial charge in [0.05, 0.1) is 30.3 Å². The summed E-state index contributed by atoms with van der Waals surface area (Å²) in [5.41, 5.74) is 2.78. The first kappa shape index (κ1) is 17.3. The zero-order valence-corrected chi connectivity index (χ0v) is 14.8. The van der Waals surface area contributed by atoms with Gasteiger partial charge in [-0.25, -0.2) is 4.68 Å². The molecule has 0 bridgehead atoms. The lowest BCUT2D eigenvalue weighted by Crippen LogP contribution is -2.24. The average molecular weight is 355 g/mol. The van der Waals surface area contributed by atoms with E-state index in [1.54, 1.807) is 10.9 Å². The fourth-order valence-corrected chi connectivity index (χ4v) is 3.05. The predicted molar refractivity (Wildman–Crippen MR) is 96.4 cm³/mol. The molecule has 0 aliphatic rings. The molecule has 2 heterocycles. The molecule has 0 fully saturated rings. The van der Waals surface area contributed by atoms with Gasteiger partial charge in [0.15, 0.2) is 0 Å². The van der Waals surface area contributed by atoms with E-state index in [1.807, 2.05) is 49.4 Å². The number of hydrogen-bond acceptors (Lipinski definition) is 4. The normalized spacial score (nSPS) is 11.0. The molecule has 2 aromatic heterocycles. The van der Waals surface area contributed by atoms with E-state index in [0.29, 0.717) is 31.2 Å². The van der Waals surface area contributed by atoms with Gasteiger partial charge < -0.3 is 4.42 Å². The Labute approximate surface area is 152 Å². The third-order valence-corrected chi connectivity index (χ3v) is 4.39. The maximum absolute atomic E-state index is 8.93. The van der Waals surface area contributed by atoms with E-state index < -0.39 is 0 Å². The maximum Gasteiger partial charge on any atom is 0.137 e. The highest BCUT2D eigenvalue weighted by atomic mass is 35.5. The number of benzene rings is 1. The predicted octanol–water partition coefficient (Wildman–Crippen LogP) is 4.34. The Morgan fingerprint density at radius 2 is 2.00 bits per heavy atom. The molecule has 0 amide bonds. The van der Waals surface area contributed by atoms with Gasteiger partial charge in [0.25, 0.3) is 0 Å². The van der Waals surface area contributed by atoms with Crippen molar-refractivity contribution >= 4 is 11.6 Å². The minimum Gasteiger partial charge on any atom is -0.468 e. The van der Waals surface area contributed by atoms with Gasteiger partial charge in [-0.2, -0.15) is 10.4 Å². The van der Waals surface area contributed by atoms with Crippen LogP contribution in [0.2, 0.25) is 5.15 Å². The fraction of sp³-hybridized carbons (Fsp3) is 0.263. The number of para-hydroxylation sites is 1. The Hall–Kier alpha value is -2.55. The van der Waals surface area contributed by atoms with Crippen molar-refractivity contribution < 1.29 is 4.42 Å². The number of halogens is 1. The Bertz CT molecular complexity index is 850. The minimum atomic E-state index is 0.449. The van der Waals surface area contributed by atoms with Crippen LogP contribution in [0.25, 0.3) is 5.69 Å². The summed E-state index contributed by atoms with van der Waals surface area (Å²) >= 11 is 6.61. The zero-order chi connectivity index (χ0) is 17.6. The first-order valence-corrected chi connectivity index (χ1v) is 8.48. The van der Waals surface area contributed by atoms with Crippen LogP contribution < -0.4 is 0 Å². The largest absolute Gasteiger partial charge is 0.468 e. The molecule has 0 atom stereocenters. The van der Waals surface area contributed by atoms with E-state index in [2.05, 4.69) is 16.1 Å². The Balaban J connectivity index is 1.84. The van der Waals surface area contributed by atoms with Crippen molar-refractivity contribution in [2.45, 2.75) is 26.4 Å². The summed E-state index contributed by atoms with van der Waals surface area (Å²) in [4.78, 5) is 2.15. The van der Waals surface area contributed by atoms with Crippen LogP contribution in [0.4, 0.5) is 0 Å². The van der Waals surface area contributed by atoms with E-state index in [1.165, 1.54) is 0 Å². The molecule has 0 aliphatic heterocycles. The zero-order valence-electron chi connectivity index (χ0n) is 14.0. The van der Waals surface area contributed by atoms with Crippen molar-refractivity contribution in [2.24, 2.45) is 0 Å². The van der Waals surface area contributed by atoms with E-state index in [-0.39, 0.29) is 0 Å². The van der Waals surface area contributed by atoms with Crippen LogP contribution in [0.1, 0.15) is 23.4 Å². The van der Waals surface area contributed by atoms with Crippen molar-refractivity contribution in [2.75, 3.05) is 6.54 Å². The van der Waals surface area contributed by atoms with E-state index in [9.17, 15) is 0 Å². The quantitative estimate of drug-likeness (QED) is 0.633. The number of aromatic nitrogens is 2. The van der Waals surface area contributed by atoms with E-state index >= 15 is 0 Å². The van der Waals surface area contributed by atoms with Crippen molar-refractivity contribution in [3.63, 3.8) is 0 Å². The van der Waals surface area contributed by atoms with Crippen molar-refractivity contribution in [1.29, 1.82) is 5.26 Å². The fourth-order valence-electron chi connectivity index (χ4n) is 2.72. The van der Waals surface area contributed by atoms with Gasteiger partial charge in [0, 0.05) is 25.1 Å². The second kappa shape index (κ2) is 8.02. The molecule has 0 saturated heterocycles. The highest BCUT2D eigenvalue weighted by molar-refractivity contribution is 6.30.